The Balaban J connectivity index is 2.80. The van der Waals surface area contributed by atoms with Gasteiger partial charge in [0, 0.05) is 0 Å². The van der Waals surface area contributed by atoms with Gasteiger partial charge in [-0.1, -0.05) is 54.4 Å². The zero-order chi connectivity index (χ0) is 11.0. The van der Waals surface area contributed by atoms with Crippen LogP contribution in [0.15, 0.2) is 0 Å². The van der Waals surface area contributed by atoms with E-state index >= 15 is 0 Å². The second-order valence-electron chi connectivity index (χ2n) is 6.48. The summed E-state index contributed by atoms with van der Waals surface area (Å²) in [7, 11) is 0. The van der Waals surface area contributed by atoms with Gasteiger partial charge in [0.1, 0.15) is 0 Å². The molecular weight excluding hydrogens is 168 g/mol. The van der Waals surface area contributed by atoms with Crippen LogP contribution in [0.4, 0.5) is 0 Å². The van der Waals surface area contributed by atoms with Crippen molar-refractivity contribution in [2.24, 2.45) is 22.7 Å². The summed E-state index contributed by atoms with van der Waals surface area (Å²) in [6.07, 6.45) is 5.76. The minimum Gasteiger partial charge on any atom is -0.0651 e. The summed E-state index contributed by atoms with van der Waals surface area (Å²) in [5, 5.41) is 0. The number of hydrogen-bond acceptors (Lipinski definition) is 0. The summed E-state index contributed by atoms with van der Waals surface area (Å²) < 4.78 is 0. The molecule has 1 saturated carbocycles. The first-order chi connectivity index (χ1) is 6.34. The van der Waals surface area contributed by atoms with Crippen LogP contribution < -0.4 is 0 Å². The summed E-state index contributed by atoms with van der Waals surface area (Å²) in [6.45, 7) is 14.5. The fourth-order valence-electron chi connectivity index (χ4n) is 3.21. The zero-order valence-corrected chi connectivity index (χ0v) is 11.0. The van der Waals surface area contributed by atoms with Crippen LogP contribution in [0.1, 0.15) is 67.2 Å². The monoisotopic (exact) mass is 196 g/mol. The Labute approximate surface area is 90.5 Å². The summed E-state index contributed by atoms with van der Waals surface area (Å²) in [4.78, 5) is 0. The van der Waals surface area contributed by atoms with E-state index in [2.05, 4.69) is 41.5 Å². The molecule has 0 heteroatoms. The van der Waals surface area contributed by atoms with Gasteiger partial charge in [-0.2, -0.15) is 0 Å². The standard InChI is InChI=1S/C14H28/c1-7-11(2)14(9-8-10-14)12(3)13(4,5)6/h11-12H,7-10H2,1-6H3. The summed E-state index contributed by atoms with van der Waals surface area (Å²) >= 11 is 0. The molecule has 0 aliphatic heterocycles. The number of rotatable bonds is 3. The lowest BCUT2D eigenvalue weighted by molar-refractivity contribution is -0.0527. The third-order valence-corrected chi connectivity index (χ3v) is 5.04. The lowest BCUT2D eigenvalue weighted by Crippen LogP contribution is -2.46. The van der Waals surface area contributed by atoms with E-state index in [1.165, 1.54) is 25.7 Å². The van der Waals surface area contributed by atoms with Crippen LogP contribution >= 0.6 is 0 Å². The highest BCUT2D eigenvalue weighted by Gasteiger charge is 2.48. The maximum absolute atomic E-state index is 2.48. The van der Waals surface area contributed by atoms with E-state index < -0.39 is 0 Å². The zero-order valence-electron chi connectivity index (χ0n) is 11.0. The second kappa shape index (κ2) is 3.87. The highest BCUT2D eigenvalue weighted by atomic mass is 14.5. The molecule has 0 radical (unpaired) electrons. The lowest BCUT2D eigenvalue weighted by atomic mass is 9.50. The van der Waals surface area contributed by atoms with E-state index in [-0.39, 0.29) is 0 Å². The Morgan fingerprint density at radius 1 is 1.14 bits per heavy atom. The van der Waals surface area contributed by atoms with E-state index in [4.69, 9.17) is 0 Å². The van der Waals surface area contributed by atoms with Crippen molar-refractivity contribution >= 4 is 0 Å². The number of hydrogen-bond donors (Lipinski definition) is 0. The van der Waals surface area contributed by atoms with E-state index in [0.717, 1.165) is 11.8 Å². The fraction of sp³-hybridized carbons (Fsp3) is 1.00. The predicted molar refractivity (Wildman–Crippen MR) is 64.4 cm³/mol. The Bertz CT molecular complexity index is 181. The largest absolute Gasteiger partial charge is 0.0651 e. The van der Waals surface area contributed by atoms with Crippen molar-refractivity contribution in [3.8, 4) is 0 Å². The maximum atomic E-state index is 2.48. The molecule has 1 rings (SSSR count). The smallest absolute Gasteiger partial charge is 0.0241 e. The fourth-order valence-corrected chi connectivity index (χ4v) is 3.21. The van der Waals surface area contributed by atoms with Crippen LogP contribution in [-0.2, 0) is 0 Å². The van der Waals surface area contributed by atoms with Crippen LogP contribution in [0.2, 0.25) is 0 Å². The summed E-state index contributed by atoms with van der Waals surface area (Å²) in [5.74, 6) is 1.77. The Hall–Kier alpha value is 0. The van der Waals surface area contributed by atoms with Crippen molar-refractivity contribution in [1.82, 2.24) is 0 Å². The second-order valence-corrected chi connectivity index (χ2v) is 6.48. The van der Waals surface area contributed by atoms with Gasteiger partial charge in [0.05, 0.1) is 0 Å². The maximum Gasteiger partial charge on any atom is -0.0241 e. The lowest BCUT2D eigenvalue weighted by Gasteiger charge is -2.55. The first-order valence-electron chi connectivity index (χ1n) is 6.34. The van der Waals surface area contributed by atoms with Crippen molar-refractivity contribution in [3.63, 3.8) is 0 Å². The normalized spacial score (nSPS) is 25.3. The molecule has 0 aromatic heterocycles. The van der Waals surface area contributed by atoms with Gasteiger partial charge in [0.25, 0.3) is 0 Å². The quantitative estimate of drug-likeness (QED) is 0.603. The van der Waals surface area contributed by atoms with Crippen molar-refractivity contribution in [2.45, 2.75) is 67.2 Å². The molecule has 0 heterocycles. The Kier molecular flexibility index (Phi) is 3.33. The summed E-state index contributed by atoms with van der Waals surface area (Å²) in [5.41, 5.74) is 1.15. The van der Waals surface area contributed by atoms with Gasteiger partial charge in [-0.25, -0.2) is 0 Å². The molecule has 0 N–H and O–H groups in total. The van der Waals surface area contributed by atoms with Crippen LogP contribution in [0.3, 0.4) is 0 Å². The third kappa shape index (κ3) is 1.85. The van der Waals surface area contributed by atoms with E-state index in [9.17, 15) is 0 Å². The molecule has 0 saturated heterocycles. The Morgan fingerprint density at radius 2 is 1.64 bits per heavy atom. The summed E-state index contributed by atoms with van der Waals surface area (Å²) in [6, 6.07) is 0. The topological polar surface area (TPSA) is 0 Å². The first kappa shape index (κ1) is 12.1. The van der Waals surface area contributed by atoms with Crippen molar-refractivity contribution in [2.75, 3.05) is 0 Å². The molecule has 0 nitrogen and oxygen atoms in total. The SMILES string of the molecule is CCC(C)C1(C(C)C(C)(C)C)CCC1. The minimum atomic E-state index is 0.476. The molecule has 1 aliphatic carbocycles. The molecule has 0 aromatic carbocycles. The molecular formula is C14H28. The van der Waals surface area contributed by atoms with Gasteiger partial charge in [-0.3, -0.25) is 0 Å². The molecule has 84 valence electrons. The van der Waals surface area contributed by atoms with Gasteiger partial charge in [0.2, 0.25) is 0 Å². The van der Waals surface area contributed by atoms with Crippen molar-refractivity contribution < 1.29 is 0 Å². The van der Waals surface area contributed by atoms with Crippen LogP contribution in [0, 0.1) is 22.7 Å². The van der Waals surface area contributed by atoms with Gasteiger partial charge < -0.3 is 0 Å². The van der Waals surface area contributed by atoms with E-state index in [0.29, 0.717) is 10.8 Å². The van der Waals surface area contributed by atoms with Gasteiger partial charge in [-0.15, -0.1) is 0 Å². The molecule has 2 atom stereocenters. The highest BCUT2D eigenvalue weighted by molar-refractivity contribution is 4.98. The van der Waals surface area contributed by atoms with E-state index in [1.807, 2.05) is 0 Å². The van der Waals surface area contributed by atoms with Crippen LogP contribution in [-0.4, -0.2) is 0 Å². The molecule has 0 amide bonds. The van der Waals surface area contributed by atoms with Crippen molar-refractivity contribution in [1.29, 1.82) is 0 Å². The third-order valence-electron chi connectivity index (χ3n) is 5.04. The van der Waals surface area contributed by atoms with Crippen molar-refractivity contribution in [3.05, 3.63) is 0 Å². The molecule has 2 unspecified atom stereocenters. The first-order valence-corrected chi connectivity index (χ1v) is 6.34. The van der Waals surface area contributed by atoms with Crippen LogP contribution in [0.5, 0.6) is 0 Å². The average Bonchev–Trinajstić information content (AvgIpc) is 2.00. The highest BCUT2D eigenvalue weighted by Crippen LogP contribution is 2.57. The molecule has 1 fully saturated rings. The van der Waals surface area contributed by atoms with Gasteiger partial charge in [0.15, 0.2) is 0 Å². The van der Waals surface area contributed by atoms with E-state index in [1.54, 1.807) is 0 Å². The molecule has 1 aliphatic rings. The van der Waals surface area contributed by atoms with Crippen LogP contribution in [0.25, 0.3) is 0 Å². The predicted octanol–water partition coefficient (Wildman–Crippen LogP) is 4.89. The molecule has 0 spiro atoms. The van der Waals surface area contributed by atoms with Gasteiger partial charge >= 0.3 is 0 Å². The Morgan fingerprint density at radius 3 is 1.86 bits per heavy atom. The molecule has 0 aromatic rings. The molecule has 0 bridgehead atoms. The molecule has 14 heavy (non-hydrogen) atoms. The van der Waals surface area contributed by atoms with Gasteiger partial charge in [-0.05, 0) is 35.5 Å². The average molecular weight is 196 g/mol. The minimum absolute atomic E-state index is 0.476.